The van der Waals surface area contributed by atoms with Crippen molar-refractivity contribution < 1.29 is 22.0 Å². The van der Waals surface area contributed by atoms with E-state index >= 15 is 0 Å². The SMILES string of the molecule is NS(=O)(=O)c1cccc(NC(=O)c2cc(Br)cnc2N2CCCC(F)(F)CC2)c1. The number of alkyl halides is 2. The molecule has 2 heterocycles. The van der Waals surface area contributed by atoms with Crippen molar-refractivity contribution in [3.63, 3.8) is 0 Å². The van der Waals surface area contributed by atoms with E-state index in [0.29, 0.717) is 16.8 Å². The van der Waals surface area contributed by atoms with E-state index in [2.05, 4.69) is 26.2 Å². The average molecular weight is 489 g/mol. The molecule has 0 radical (unpaired) electrons. The normalized spacial score (nSPS) is 16.9. The average Bonchev–Trinajstić information content (AvgIpc) is 2.82. The standard InChI is InChI=1S/C18H19BrF2N4O3S/c19-12-9-15(16(23-11-12)25-7-2-5-18(20,21)6-8-25)17(26)24-13-3-1-4-14(10-13)29(22,27)28/h1,3-4,9-11H,2,5-8H2,(H,24,26)(H2,22,27,28). The van der Waals surface area contributed by atoms with Crippen LogP contribution in [0.25, 0.3) is 0 Å². The molecule has 2 aromatic rings. The second-order valence-corrected chi connectivity index (χ2v) is 9.23. The van der Waals surface area contributed by atoms with Gasteiger partial charge in [-0.25, -0.2) is 27.3 Å². The van der Waals surface area contributed by atoms with Gasteiger partial charge in [-0.05, 0) is 46.6 Å². The number of sulfonamides is 1. The number of pyridine rings is 1. The maximum atomic E-state index is 13.7. The Kier molecular flexibility index (Phi) is 6.20. The Bertz CT molecular complexity index is 1030. The van der Waals surface area contributed by atoms with E-state index in [9.17, 15) is 22.0 Å². The van der Waals surface area contributed by atoms with Gasteiger partial charge in [-0.3, -0.25) is 4.79 Å². The molecule has 0 aliphatic carbocycles. The van der Waals surface area contributed by atoms with Crippen molar-refractivity contribution >= 4 is 43.4 Å². The fourth-order valence-corrected chi connectivity index (χ4v) is 3.97. The molecule has 0 atom stereocenters. The summed E-state index contributed by atoms with van der Waals surface area (Å²) in [6.07, 6.45) is 1.25. The number of aromatic nitrogens is 1. The van der Waals surface area contributed by atoms with Crippen molar-refractivity contribution in [1.82, 2.24) is 4.98 Å². The first-order chi connectivity index (χ1) is 13.5. The third kappa shape index (κ3) is 5.49. The Morgan fingerprint density at radius 2 is 2.00 bits per heavy atom. The molecule has 3 N–H and O–H groups in total. The first-order valence-electron chi connectivity index (χ1n) is 8.78. The van der Waals surface area contributed by atoms with Gasteiger partial charge in [0.1, 0.15) is 5.82 Å². The second kappa shape index (κ2) is 8.33. The van der Waals surface area contributed by atoms with Gasteiger partial charge >= 0.3 is 0 Å². The number of nitrogens with two attached hydrogens (primary N) is 1. The quantitative estimate of drug-likeness (QED) is 0.686. The number of primary sulfonamides is 1. The van der Waals surface area contributed by atoms with Crippen molar-refractivity contribution in [3.8, 4) is 0 Å². The van der Waals surface area contributed by atoms with Crippen LogP contribution in [-0.4, -0.2) is 38.3 Å². The molecule has 1 aliphatic heterocycles. The lowest BCUT2D eigenvalue weighted by molar-refractivity contribution is -0.0102. The summed E-state index contributed by atoms with van der Waals surface area (Å²) in [7, 11) is -3.92. The van der Waals surface area contributed by atoms with Crippen LogP contribution in [0.1, 0.15) is 29.6 Å². The summed E-state index contributed by atoms with van der Waals surface area (Å²) in [6, 6.07) is 7.07. The molecule has 3 rings (SSSR count). The van der Waals surface area contributed by atoms with Gasteiger partial charge in [0.25, 0.3) is 5.91 Å². The molecule has 1 aromatic heterocycles. The Morgan fingerprint density at radius 1 is 1.24 bits per heavy atom. The van der Waals surface area contributed by atoms with Crippen LogP contribution in [0.2, 0.25) is 0 Å². The number of nitrogens with one attached hydrogen (secondary N) is 1. The smallest absolute Gasteiger partial charge is 0.259 e. The topological polar surface area (TPSA) is 105 Å². The molecule has 156 valence electrons. The summed E-state index contributed by atoms with van der Waals surface area (Å²) in [5, 5.41) is 7.74. The molecule has 1 aliphatic rings. The number of nitrogens with zero attached hydrogens (tertiary/aromatic N) is 2. The minimum atomic E-state index is -3.92. The molecule has 1 fully saturated rings. The van der Waals surface area contributed by atoms with Crippen LogP contribution < -0.4 is 15.4 Å². The van der Waals surface area contributed by atoms with E-state index in [0.717, 1.165) is 0 Å². The van der Waals surface area contributed by atoms with Crippen molar-refractivity contribution in [2.24, 2.45) is 5.14 Å². The van der Waals surface area contributed by atoms with Crippen LogP contribution in [0.4, 0.5) is 20.3 Å². The zero-order valence-corrected chi connectivity index (χ0v) is 17.6. The number of rotatable bonds is 4. The van der Waals surface area contributed by atoms with Gasteiger partial charge < -0.3 is 10.2 Å². The highest BCUT2D eigenvalue weighted by atomic mass is 79.9. The molecule has 0 spiro atoms. The van der Waals surface area contributed by atoms with E-state index in [4.69, 9.17) is 5.14 Å². The summed E-state index contributed by atoms with van der Waals surface area (Å²) < 4.78 is 51.0. The van der Waals surface area contributed by atoms with Crippen molar-refractivity contribution in [3.05, 3.63) is 46.6 Å². The van der Waals surface area contributed by atoms with Crippen LogP contribution in [0, 0.1) is 0 Å². The van der Waals surface area contributed by atoms with E-state index in [1.165, 1.54) is 30.5 Å². The number of carbonyl (C=O) groups excluding carboxylic acids is 1. The fraction of sp³-hybridized carbons (Fsp3) is 0.333. The lowest BCUT2D eigenvalue weighted by Crippen LogP contribution is -2.29. The van der Waals surface area contributed by atoms with Crippen molar-refractivity contribution in [2.75, 3.05) is 23.3 Å². The number of carbonyl (C=O) groups is 1. The second-order valence-electron chi connectivity index (χ2n) is 6.75. The zero-order chi connectivity index (χ0) is 21.2. The number of amides is 1. The molecule has 0 bridgehead atoms. The maximum absolute atomic E-state index is 13.7. The molecule has 0 unspecified atom stereocenters. The lowest BCUT2D eigenvalue weighted by atomic mass is 10.1. The fourth-order valence-electron chi connectivity index (χ4n) is 3.08. The Balaban J connectivity index is 1.89. The largest absolute Gasteiger partial charge is 0.356 e. The highest BCUT2D eigenvalue weighted by molar-refractivity contribution is 9.10. The summed E-state index contributed by atoms with van der Waals surface area (Å²) in [6.45, 7) is 0.425. The van der Waals surface area contributed by atoms with Gasteiger partial charge in [0.05, 0.1) is 10.5 Å². The number of anilines is 2. The predicted octanol–water partition coefficient (Wildman–Crippen LogP) is 3.37. The van der Waals surface area contributed by atoms with E-state index in [1.807, 2.05) is 0 Å². The molecule has 1 amide bonds. The highest BCUT2D eigenvalue weighted by Crippen LogP contribution is 2.31. The molecule has 11 heteroatoms. The van der Waals surface area contributed by atoms with Crippen LogP contribution >= 0.6 is 15.9 Å². The number of benzene rings is 1. The van der Waals surface area contributed by atoms with Crippen LogP contribution in [0.3, 0.4) is 0 Å². The van der Waals surface area contributed by atoms with Gasteiger partial charge in [0.2, 0.25) is 15.9 Å². The number of hydrogen-bond acceptors (Lipinski definition) is 5. The summed E-state index contributed by atoms with van der Waals surface area (Å²) >= 11 is 3.27. The summed E-state index contributed by atoms with van der Waals surface area (Å²) in [5.41, 5.74) is 0.417. The third-order valence-corrected chi connectivity index (χ3v) is 5.86. The van der Waals surface area contributed by atoms with E-state index in [1.54, 1.807) is 11.0 Å². The predicted molar refractivity (Wildman–Crippen MR) is 109 cm³/mol. The molecular weight excluding hydrogens is 470 g/mol. The third-order valence-electron chi connectivity index (χ3n) is 4.52. The Morgan fingerprint density at radius 3 is 2.72 bits per heavy atom. The first-order valence-corrected chi connectivity index (χ1v) is 11.1. The Hall–Kier alpha value is -2.11. The lowest BCUT2D eigenvalue weighted by Gasteiger charge is -2.24. The first kappa shape index (κ1) is 21.6. The monoisotopic (exact) mass is 488 g/mol. The van der Waals surface area contributed by atoms with Crippen molar-refractivity contribution in [2.45, 2.75) is 30.1 Å². The highest BCUT2D eigenvalue weighted by Gasteiger charge is 2.33. The van der Waals surface area contributed by atoms with Crippen LogP contribution in [-0.2, 0) is 10.0 Å². The Labute approximate surface area is 175 Å². The summed E-state index contributed by atoms with van der Waals surface area (Å²) in [5.74, 6) is -2.98. The van der Waals surface area contributed by atoms with Crippen molar-refractivity contribution in [1.29, 1.82) is 0 Å². The molecule has 29 heavy (non-hydrogen) atoms. The number of halogens is 3. The van der Waals surface area contributed by atoms with Gasteiger partial charge in [0.15, 0.2) is 0 Å². The molecule has 1 aromatic carbocycles. The van der Waals surface area contributed by atoms with E-state index < -0.39 is 21.9 Å². The van der Waals surface area contributed by atoms with Gasteiger partial charge in [-0.1, -0.05) is 6.07 Å². The zero-order valence-electron chi connectivity index (χ0n) is 15.2. The van der Waals surface area contributed by atoms with Gasteiger partial charge in [0, 0.05) is 42.3 Å². The minimum absolute atomic E-state index is 0.0722. The molecule has 1 saturated heterocycles. The number of hydrogen-bond donors (Lipinski definition) is 2. The van der Waals surface area contributed by atoms with E-state index in [-0.39, 0.29) is 42.0 Å². The van der Waals surface area contributed by atoms with Crippen LogP contribution in [0.15, 0.2) is 45.9 Å². The molecular formula is C18H19BrF2N4O3S. The molecule has 7 nitrogen and oxygen atoms in total. The molecule has 0 saturated carbocycles. The van der Waals surface area contributed by atoms with Gasteiger partial charge in [-0.15, -0.1) is 0 Å². The van der Waals surface area contributed by atoms with Gasteiger partial charge in [-0.2, -0.15) is 0 Å². The summed E-state index contributed by atoms with van der Waals surface area (Å²) in [4.78, 5) is 18.7. The minimum Gasteiger partial charge on any atom is -0.356 e. The van der Waals surface area contributed by atoms with Crippen LogP contribution in [0.5, 0.6) is 0 Å². The maximum Gasteiger partial charge on any atom is 0.259 e.